The number of hydrogen-bond acceptors (Lipinski definition) is 2. The van der Waals surface area contributed by atoms with Crippen LogP contribution in [0.5, 0.6) is 5.75 Å². The van der Waals surface area contributed by atoms with E-state index in [0.29, 0.717) is 6.61 Å². The Balaban J connectivity index is 0. The smallest absolute Gasteiger partial charge is 0.143 e. The molecular weight excluding hydrogens is 354 g/mol. The lowest BCUT2D eigenvalue weighted by atomic mass is 9.98. The van der Waals surface area contributed by atoms with Gasteiger partial charge in [-0.15, -0.1) is 13.2 Å². The molecule has 160 valence electrons. The molecule has 0 saturated carbocycles. The summed E-state index contributed by atoms with van der Waals surface area (Å²) in [5.41, 5.74) is 5.52. The highest BCUT2D eigenvalue weighted by molar-refractivity contribution is 5.81. The largest absolute Gasteiger partial charge is 0.487 e. The van der Waals surface area contributed by atoms with Gasteiger partial charge in [-0.25, -0.2) is 0 Å². The van der Waals surface area contributed by atoms with Crippen molar-refractivity contribution >= 4 is 11.8 Å². The second-order valence-electron chi connectivity index (χ2n) is 5.51. The van der Waals surface area contributed by atoms with Crippen molar-refractivity contribution in [3.8, 4) is 5.75 Å². The topological polar surface area (TPSA) is 21.3 Å². The fourth-order valence-corrected chi connectivity index (χ4v) is 2.63. The van der Waals surface area contributed by atoms with Gasteiger partial charge in [0.05, 0.1) is 5.69 Å². The van der Waals surface area contributed by atoms with Crippen LogP contribution in [0.25, 0.3) is 6.08 Å². The summed E-state index contributed by atoms with van der Waals surface area (Å²) in [4.78, 5) is 0. The molecule has 0 unspecified atom stereocenters. The summed E-state index contributed by atoms with van der Waals surface area (Å²) in [6, 6.07) is 4.20. The van der Waals surface area contributed by atoms with Gasteiger partial charge < -0.3 is 10.1 Å². The molecule has 1 aliphatic rings. The number of benzene rings is 1. The van der Waals surface area contributed by atoms with Gasteiger partial charge in [-0.05, 0) is 36.6 Å². The quantitative estimate of drug-likeness (QED) is 0.369. The number of allylic oxidation sites excluding steroid dienone is 4. The van der Waals surface area contributed by atoms with E-state index in [-0.39, 0.29) is 0 Å². The molecule has 0 radical (unpaired) electrons. The first kappa shape index (κ1) is 28.5. The van der Waals surface area contributed by atoms with Gasteiger partial charge in [0.25, 0.3) is 0 Å². The number of fused-ring (bicyclic) bond motifs is 1. The molecule has 1 aromatic rings. The number of aryl methyl sites for hydroxylation is 1. The molecule has 0 fully saturated rings. The summed E-state index contributed by atoms with van der Waals surface area (Å²) in [6.07, 6.45) is 14.1. The molecule has 1 heterocycles. The van der Waals surface area contributed by atoms with Crippen LogP contribution < -0.4 is 10.1 Å². The van der Waals surface area contributed by atoms with E-state index in [1.54, 1.807) is 6.08 Å². The van der Waals surface area contributed by atoms with Crippen molar-refractivity contribution in [1.82, 2.24) is 0 Å². The average molecular weight is 396 g/mol. The van der Waals surface area contributed by atoms with Crippen LogP contribution in [0.4, 0.5) is 5.69 Å². The normalized spacial score (nSPS) is 11.5. The molecule has 0 aromatic heterocycles. The van der Waals surface area contributed by atoms with Crippen LogP contribution in [-0.2, 0) is 6.42 Å². The SMILES string of the molecule is C=C.C=C/C=C(\C=C/C)COc1ccc(CCC)c2c1NC(=C)C=C2.CC.CC. The maximum absolute atomic E-state index is 6.05. The van der Waals surface area contributed by atoms with Crippen molar-refractivity contribution in [2.75, 3.05) is 11.9 Å². The Hall–Kier alpha value is -2.74. The number of hydrogen-bond donors (Lipinski definition) is 1. The minimum absolute atomic E-state index is 0.508. The third-order valence-corrected chi connectivity index (χ3v) is 3.66. The highest BCUT2D eigenvalue weighted by atomic mass is 16.5. The fraction of sp³-hybridized carbons (Fsp3) is 0.333. The van der Waals surface area contributed by atoms with E-state index >= 15 is 0 Å². The van der Waals surface area contributed by atoms with Crippen LogP contribution in [-0.4, -0.2) is 6.61 Å². The van der Waals surface area contributed by atoms with Gasteiger partial charge in [0, 0.05) is 11.3 Å². The average Bonchev–Trinajstić information content (AvgIpc) is 2.77. The number of nitrogens with one attached hydrogen (secondary N) is 1. The second-order valence-corrected chi connectivity index (χ2v) is 5.51. The van der Waals surface area contributed by atoms with E-state index < -0.39 is 0 Å². The Morgan fingerprint density at radius 2 is 1.76 bits per heavy atom. The van der Waals surface area contributed by atoms with Gasteiger partial charge in [0.1, 0.15) is 12.4 Å². The van der Waals surface area contributed by atoms with Crippen molar-refractivity contribution in [3.05, 3.63) is 91.2 Å². The minimum Gasteiger partial charge on any atom is -0.487 e. The van der Waals surface area contributed by atoms with Crippen LogP contribution >= 0.6 is 0 Å². The lowest BCUT2D eigenvalue weighted by Gasteiger charge is -2.22. The highest BCUT2D eigenvalue weighted by Gasteiger charge is 2.15. The molecule has 1 N–H and O–H groups in total. The zero-order valence-corrected chi connectivity index (χ0v) is 19.5. The summed E-state index contributed by atoms with van der Waals surface area (Å²) in [7, 11) is 0. The van der Waals surface area contributed by atoms with E-state index in [2.05, 4.69) is 50.7 Å². The van der Waals surface area contributed by atoms with Gasteiger partial charge in [-0.2, -0.15) is 0 Å². The molecule has 0 aliphatic carbocycles. The first-order chi connectivity index (χ1) is 14.2. The van der Waals surface area contributed by atoms with E-state index in [9.17, 15) is 0 Å². The predicted octanol–water partition coefficient (Wildman–Crippen LogP) is 8.51. The van der Waals surface area contributed by atoms with Gasteiger partial charge in [0.15, 0.2) is 0 Å². The summed E-state index contributed by atoms with van der Waals surface area (Å²) >= 11 is 0. The first-order valence-electron chi connectivity index (χ1n) is 10.6. The number of anilines is 1. The molecule has 0 bridgehead atoms. The monoisotopic (exact) mass is 395 g/mol. The Labute approximate surface area is 180 Å². The Morgan fingerprint density at radius 1 is 1.10 bits per heavy atom. The van der Waals surface area contributed by atoms with Crippen molar-refractivity contribution in [2.24, 2.45) is 0 Å². The predicted molar refractivity (Wildman–Crippen MR) is 135 cm³/mol. The third-order valence-electron chi connectivity index (χ3n) is 3.66. The van der Waals surface area contributed by atoms with Crippen LogP contribution in [0.1, 0.15) is 59.1 Å². The van der Waals surface area contributed by atoms with Crippen LogP contribution in [0, 0.1) is 0 Å². The first-order valence-corrected chi connectivity index (χ1v) is 10.6. The van der Waals surface area contributed by atoms with E-state index in [4.69, 9.17) is 4.74 Å². The van der Waals surface area contributed by atoms with Crippen molar-refractivity contribution in [2.45, 2.75) is 54.4 Å². The zero-order valence-electron chi connectivity index (χ0n) is 19.5. The van der Waals surface area contributed by atoms with E-state index in [1.165, 1.54) is 11.1 Å². The maximum atomic E-state index is 6.05. The molecule has 1 aliphatic heterocycles. The van der Waals surface area contributed by atoms with Gasteiger partial charge in [-0.1, -0.05) is 90.6 Å². The van der Waals surface area contributed by atoms with Crippen molar-refractivity contribution < 1.29 is 4.74 Å². The summed E-state index contributed by atoms with van der Waals surface area (Å²) in [6.45, 7) is 26.4. The molecular formula is C27H41NO. The molecule has 29 heavy (non-hydrogen) atoms. The fourth-order valence-electron chi connectivity index (χ4n) is 2.63. The van der Waals surface area contributed by atoms with E-state index in [1.807, 2.05) is 65.0 Å². The maximum Gasteiger partial charge on any atom is 0.143 e. The van der Waals surface area contributed by atoms with Gasteiger partial charge in [0.2, 0.25) is 0 Å². The molecule has 0 atom stereocenters. The highest BCUT2D eigenvalue weighted by Crippen LogP contribution is 2.36. The number of ether oxygens (including phenoxy) is 1. The standard InChI is InChI=1S/C21H25NO.2C2H6.C2H4/c1-5-8-17(9-6-2)15-23-20-14-12-18(10-7-3)19-13-11-16(4)22-21(19)20;3*1-2/h5-6,8-9,11-14,22H,1,4,7,10,15H2,2-3H3;2*1-2H3;1-2H2/b9-6-,17-8+;;;. The zero-order chi connectivity index (χ0) is 22.7. The Morgan fingerprint density at radius 3 is 2.31 bits per heavy atom. The number of rotatable bonds is 7. The molecule has 0 amide bonds. The molecule has 2 nitrogen and oxygen atoms in total. The van der Waals surface area contributed by atoms with Crippen LogP contribution in [0.15, 0.2) is 80.1 Å². The molecule has 0 spiro atoms. The Bertz CT molecular complexity index is 693. The molecule has 1 aromatic carbocycles. The van der Waals surface area contributed by atoms with Crippen molar-refractivity contribution in [3.63, 3.8) is 0 Å². The summed E-state index contributed by atoms with van der Waals surface area (Å²) in [5.74, 6) is 0.852. The lowest BCUT2D eigenvalue weighted by molar-refractivity contribution is 0.357. The molecule has 2 rings (SSSR count). The van der Waals surface area contributed by atoms with Crippen molar-refractivity contribution in [1.29, 1.82) is 0 Å². The second kappa shape index (κ2) is 18.6. The van der Waals surface area contributed by atoms with Crippen LogP contribution in [0.2, 0.25) is 0 Å². The van der Waals surface area contributed by atoms with Gasteiger partial charge in [-0.3, -0.25) is 0 Å². The van der Waals surface area contributed by atoms with Crippen LogP contribution in [0.3, 0.4) is 0 Å². The Kier molecular flexibility index (Phi) is 18.3. The lowest BCUT2D eigenvalue weighted by Crippen LogP contribution is -2.09. The van der Waals surface area contributed by atoms with E-state index in [0.717, 1.165) is 35.5 Å². The summed E-state index contributed by atoms with van der Waals surface area (Å²) < 4.78 is 6.05. The molecule has 0 saturated heterocycles. The third kappa shape index (κ3) is 9.84. The summed E-state index contributed by atoms with van der Waals surface area (Å²) in [5, 5.41) is 3.35. The molecule has 2 heteroatoms. The minimum atomic E-state index is 0.508. The van der Waals surface area contributed by atoms with Gasteiger partial charge >= 0.3 is 0 Å².